The number of hydrogen-bond donors (Lipinski definition) is 3. The van der Waals surface area contributed by atoms with Crippen molar-refractivity contribution in [2.24, 2.45) is 0 Å². The maximum absolute atomic E-state index is 10.7. The van der Waals surface area contributed by atoms with E-state index in [1.54, 1.807) is 36.7 Å². The van der Waals surface area contributed by atoms with Crippen molar-refractivity contribution in [1.29, 1.82) is 0 Å². The Morgan fingerprint density at radius 3 is 2.71 bits per heavy atom. The Kier molecular flexibility index (Phi) is 5.74. The van der Waals surface area contributed by atoms with E-state index in [1.165, 1.54) is 0 Å². The van der Waals surface area contributed by atoms with E-state index < -0.39 is 6.10 Å². The monoisotopic (exact) mass is 487 g/mol. The average Bonchev–Trinajstić information content (AvgIpc) is 3.26. The van der Waals surface area contributed by atoms with Gasteiger partial charge in [0.05, 0.1) is 24.3 Å². The first-order chi connectivity index (χ1) is 16.7. The van der Waals surface area contributed by atoms with Crippen molar-refractivity contribution >= 4 is 34.4 Å². The van der Waals surface area contributed by atoms with Crippen molar-refractivity contribution in [1.82, 2.24) is 0 Å². The van der Waals surface area contributed by atoms with Gasteiger partial charge in [0.15, 0.2) is 11.5 Å². The predicted octanol–water partition coefficient (Wildman–Crippen LogP) is 7.24. The summed E-state index contributed by atoms with van der Waals surface area (Å²) in [4.78, 5) is 0.929. The zero-order chi connectivity index (χ0) is 24.9. The Morgan fingerprint density at radius 1 is 1.17 bits per heavy atom. The first-order valence-electron chi connectivity index (χ1n) is 11.6. The van der Waals surface area contributed by atoms with Crippen molar-refractivity contribution in [3.05, 3.63) is 76.0 Å². The minimum absolute atomic E-state index is 0.0607. The molecular formula is C29H29NO4S. The number of phenolic OH excluding ortho intramolecular Hbond substituents is 1. The topological polar surface area (TPSA) is 71.0 Å². The van der Waals surface area contributed by atoms with E-state index in [9.17, 15) is 10.2 Å². The second-order valence-electron chi connectivity index (χ2n) is 9.47. The minimum atomic E-state index is -0.633. The summed E-state index contributed by atoms with van der Waals surface area (Å²) < 4.78 is 12.1. The molecule has 1 atom stereocenters. The van der Waals surface area contributed by atoms with Gasteiger partial charge in [-0.1, -0.05) is 18.2 Å². The molecule has 5 rings (SSSR count). The van der Waals surface area contributed by atoms with Gasteiger partial charge in [-0.3, -0.25) is 0 Å². The van der Waals surface area contributed by atoms with Crippen molar-refractivity contribution in [2.45, 2.75) is 38.8 Å². The molecule has 0 fully saturated rings. The second kappa shape index (κ2) is 8.63. The molecule has 3 N–H and O–H groups in total. The van der Waals surface area contributed by atoms with Crippen molar-refractivity contribution in [3.63, 3.8) is 0 Å². The number of methoxy groups -OCH3 is 1. The molecule has 0 aliphatic carbocycles. The summed E-state index contributed by atoms with van der Waals surface area (Å²) in [6, 6.07) is 9.41. The molecule has 0 unspecified atom stereocenters. The number of aliphatic hydroxyl groups excluding tert-OH is 1. The smallest absolute Gasteiger partial charge is 0.172 e. The molecule has 5 nitrogen and oxygen atoms in total. The van der Waals surface area contributed by atoms with Gasteiger partial charge in [-0.2, -0.15) is 0 Å². The normalized spacial score (nSPS) is 17.3. The van der Waals surface area contributed by atoms with Gasteiger partial charge >= 0.3 is 0 Å². The first kappa shape index (κ1) is 23.3. The molecule has 3 heterocycles. The number of benzene rings is 2. The molecular weight excluding hydrogens is 458 g/mol. The third-order valence-electron chi connectivity index (χ3n) is 6.41. The Balaban J connectivity index is 1.79. The lowest BCUT2D eigenvalue weighted by molar-refractivity contribution is 0.182. The molecule has 3 aromatic rings. The molecule has 35 heavy (non-hydrogen) atoms. The van der Waals surface area contributed by atoms with E-state index in [0.29, 0.717) is 23.7 Å². The summed E-state index contributed by atoms with van der Waals surface area (Å²) in [5, 5.41) is 26.8. The third-order valence-corrected chi connectivity index (χ3v) is 7.29. The summed E-state index contributed by atoms with van der Waals surface area (Å²) in [5.74, 6) is 1.73. The lowest BCUT2D eigenvalue weighted by Gasteiger charge is -2.35. The van der Waals surface area contributed by atoms with Crippen molar-refractivity contribution in [2.75, 3.05) is 12.4 Å². The number of fused-ring (bicyclic) bond motifs is 5. The Labute approximate surface area is 209 Å². The Morgan fingerprint density at radius 2 is 1.97 bits per heavy atom. The van der Waals surface area contributed by atoms with Crippen LogP contribution in [0.2, 0.25) is 0 Å². The standard InChI is InChI=1S/C29H29NO4S/c1-6-7-20(31)17-12-13-35-24(17)14-23-26-18(27-22(34-23)11-10-21(32)28(27)33-5)8-9-19-25(26)16(2)15-29(3,4)30-19/h6,8-15,20,30-32H,1,7H2,2-5H3/b23-14-/t20-/m0/s1. The number of rotatable bonds is 5. The lowest BCUT2D eigenvalue weighted by atomic mass is 9.83. The zero-order valence-electron chi connectivity index (χ0n) is 20.3. The largest absolute Gasteiger partial charge is 0.504 e. The fourth-order valence-corrected chi connectivity index (χ4v) is 5.95. The highest BCUT2D eigenvalue weighted by Crippen LogP contribution is 2.54. The van der Waals surface area contributed by atoms with E-state index in [1.807, 2.05) is 17.5 Å². The molecule has 0 spiro atoms. The maximum atomic E-state index is 10.7. The van der Waals surface area contributed by atoms with Crippen LogP contribution in [-0.4, -0.2) is 22.9 Å². The van der Waals surface area contributed by atoms with Gasteiger partial charge in [0.1, 0.15) is 11.5 Å². The van der Waals surface area contributed by atoms with E-state index in [2.05, 4.69) is 50.9 Å². The molecule has 2 aliphatic heterocycles. The van der Waals surface area contributed by atoms with Crippen LogP contribution in [-0.2, 0) is 0 Å². The summed E-state index contributed by atoms with van der Waals surface area (Å²) >= 11 is 1.56. The second-order valence-corrected chi connectivity index (χ2v) is 10.4. The summed E-state index contributed by atoms with van der Waals surface area (Å²) in [7, 11) is 1.55. The van der Waals surface area contributed by atoms with Crippen LogP contribution in [0.25, 0.3) is 28.5 Å². The van der Waals surface area contributed by atoms with E-state index >= 15 is 0 Å². The molecule has 0 saturated heterocycles. The van der Waals surface area contributed by atoms with Crippen LogP contribution in [0, 0.1) is 0 Å². The van der Waals surface area contributed by atoms with E-state index in [-0.39, 0.29) is 11.3 Å². The van der Waals surface area contributed by atoms with Gasteiger partial charge in [0.2, 0.25) is 0 Å². The minimum Gasteiger partial charge on any atom is -0.504 e. The quantitative estimate of drug-likeness (QED) is 0.331. The summed E-state index contributed by atoms with van der Waals surface area (Å²) in [6.07, 6.45) is 5.78. The number of aliphatic hydroxyl groups is 1. The fourth-order valence-electron chi connectivity index (χ4n) is 5.08. The number of hydrogen-bond acceptors (Lipinski definition) is 6. The summed E-state index contributed by atoms with van der Waals surface area (Å²) in [5.41, 5.74) is 6.43. The lowest BCUT2D eigenvalue weighted by Crippen LogP contribution is -2.32. The predicted molar refractivity (Wildman–Crippen MR) is 144 cm³/mol. The molecule has 1 aromatic heterocycles. The molecule has 0 bridgehead atoms. The van der Waals surface area contributed by atoms with E-state index in [0.717, 1.165) is 44.0 Å². The summed E-state index contributed by atoms with van der Waals surface area (Å²) in [6.45, 7) is 10.2. The van der Waals surface area contributed by atoms with Gasteiger partial charge in [0.25, 0.3) is 0 Å². The number of aromatic hydroxyl groups is 1. The van der Waals surface area contributed by atoms with Gasteiger partial charge in [-0.05, 0) is 74.1 Å². The van der Waals surface area contributed by atoms with Crippen LogP contribution >= 0.6 is 11.3 Å². The molecule has 180 valence electrons. The van der Waals surface area contributed by atoms with Gasteiger partial charge in [0, 0.05) is 27.3 Å². The highest BCUT2D eigenvalue weighted by Gasteiger charge is 2.33. The SMILES string of the molecule is C=CC[C@H](O)c1ccsc1/C=C1\Oc2ccc(O)c(OC)c2-c2ccc3c(c21)C(C)=CC(C)(C)N3. The van der Waals surface area contributed by atoms with E-state index in [4.69, 9.17) is 9.47 Å². The molecule has 0 amide bonds. The molecule has 6 heteroatoms. The molecule has 2 aliphatic rings. The number of allylic oxidation sites excluding steroid dienone is 1. The number of ether oxygens (including phenoxy) is 2. The third kappa shape index (κ3) is 3.93. The van der Waals surface area contributed by atoms with Gasteiger partial charge < -0.3 is 25.0 Å². The number of nitrogens with one attached hydrogen (secondary N) is 1. The van der Waals surface area contributed by atoms with Crippen LogP contribution in [0.15, 0.2) is 54.4 Å². The van der Waals surface area contributed by atoms with Crippen LogP contribution in [0.3, 0.4) is 0 Å². The highest BCUT2D eigenvalue weighted by molar-refractivity contribution is 7.11. The molecule has 2 aromatic carbocycles. The van der Waals surface area contributed by atoms with Crippen LogP contribution in [0.1, 0.15) is 54.9 Å². The Bertz CT molecular complexity index is 1400. The van der Waals surface area contributed by atoms with Crippen LogP contribution in [0.5, 0.6) is 17.2 Å². The van der Waals surface area contributed by atoms with Crippen LogP contribution in [0.4, 0.5) is 5.69 Å². The highest BCUT2D eigenvalue weighted by atomic mass is 32.1. The maximum Gasteiger partial charge on any atom is 0.172 e. The average molecular weight is 488 g/mol. The zero-order valence-corrected chi connectivity index (χ0v) is 21.1. The van der Waals surface area contributed by atoms with Crippen molar-refractivity contribution in [3.8, 4) is 28.4 Å². The van der Waals surface area contributed by atoms with Crippen LogP contribution < -0.4 is 14.8 Å². The van der Waals surface area contributed by atoms with Gasteiger partial charge in [-0.15, -0.1) is 17.9 Å². The number of thiophene rings is 1. The molecule has 0 radical (unpaired) electrons. The fraction of sp³-hybridized carbons (Fsp3) is 0.241. The molecule has 0 saturated carbocycles. The van der Waals surface area contributed by atoms with Gasteiger partial charge in [-0.25, -0.2) is 0 Å². The first-order valence-corrected chi connectivity index (χ1v) is 12.4. The van der Waals surface area contributed by atoms with Crippen molar-refractivity contribution < 1.29 is 19.7 Å². The number of phenols is 1. The Hall–Kier alpha value is -3.48. The number of anilines is 1.